The molecule has 0 spiro atoms. The molecule has 4 nitrogen and oxygen atoms in total. The second kappa shape index (κ2) is 5.69. The van der Waals surface area contributed by atoms with Gasteiger partial charge in [0.05, 0.1) is 28.3 Å². The van der Waals surface area contributed by atoms with Gasteiger partial charge in [0, 0.05) is 0 Å². The van der Waals surface area contributed by atoms with Gasteiger partial charge >= 0.3 is 0 Å². The van der Waals surface area contributed by atoms with Crippen molar-refractivity contribution in [3.63, 3.8) is 0 Å². The van der Waals surface area contributed by atoms with Gasteiger partial charge in [0.15, 0.2) is 9.84 Å². The highest BCUT2D eigenvalue weighted by Gasteiger charge is 2.35. The number of carbonyl (C=O) groups is 1. The third kappa shape index (κ3) is 3.22. The number of nitrogens with zero attached hydrogens (tertiary/aromatic N) is 1. The number of sulfone groups is 1. The fourth-order valence-electron chi connectivity index (χ4n) is 2.23. The Morgan fingerprint density at radius 1 is 1.37 bits per heavy atom. The maximum Gasteiger partial charge on any atom is 0.242 e. The van der Waals surface area contributed by atoms with Crippen LogP contribution in [0.2, 0.25) is 5.02 Å². The lowest BCUT2D eigenvalue weighted by atomic mass is 10.2. The molecule has 1 heterocycles. The molecule has 1 aliphatic heterocycles. The fourth-order valence-corrected chi connectivity index (χ4v) is 4.28. The van der Waals surface area contributed by atoms with Crippen molar-refractivity contribution in [2.24, 2.45) is 0 Å². The van der Waals surface area contributed by atoms with E-state index in [1.54, 1.807) is 24.3 Å². The Labute approximate surface area is 122 Å². The molecule has 0 saturated carbocycles. The Morgan fingerprint density at radius 2 is 2.05 bits per heavy atom. The van der Waals surface area contributed by atoms with Crippen LogP contribution in [0, 0.1) is 0 Å². The Hall–Kier alpha value is -0.780. The van der Waals surface area contributed by atoms with Gasteiger partial charge in [0.25, 0.3) is 0 Å². The van der Waals surface area contributed by atoms with Gasteiger partial charge in [-0.1, -0.05) is 23.7 Å². The van der Waals surface area contributed by atoms with E-state index in [1.807, 2.05) is 0 Å². The van der Waals surface area contributed by atoms with Crippen molar-refractivity contribution in [1.29, 1.82) is 0 Å². The van der Waals surface area contributed by atoms with Gasteiger partial charge in [-0.05, 0) is 18.6 Å². The summed E-state index contributed by atoms with van der Waals surface area (Å²) in [6.07, 6.45) is 0.413. The first-order valence-electron chi connectivity index (χ1n) is 5.77. The van der Waals surface area contributed by atoms with Crippen LogP contribution in [-0.4, -0.2) is 37.8 Å². The standard InChI is InChI=1S/C12H13Cl2NO3S/c13-7-12(16)15(9-5-6-19(17,18)8-9)11-4-2-1-3-10(11)14/h1-4,9H,5-8H2/t9-/m0/s1. The van der Waals surface area contributed by atoms with E-state index in [4.69, 9.17) is 23.2 Å². The Balaban J connectivity index is 2.38. The monoisotopic (exact) mass is 321 g/mol. The molecule has 1 aromatic carbocycles. The molecule has 0 bridgehead atoms. The normalized spacial score (nSPS) is 21.3. The van der Waals surface area contributed by atoms with Crippen molar-refractivity contribution in [2.45, 2.75) is 12.5 Å². The van der Waals surface area contributed by atoms with Gasteiger partial charge < -0.3 is 4.90 Å². The summed E-state index contributed by atoms with van der Waals surface area (Å²) in [4.78, 5) is 13.4. The molecule has 7 heteroatoms. The maximum absolute atomic E-state index is 12.0. The molecule has 0 aliphatic carbocycles. The number of amides is 1. The predicted molar refractivity (Wildman–Crippen MR) is 76.7 cm³/mol. The van der Waals surface area contributed by atoms with E-state index < -0.39 is 15.9 Å². The Kier molecular flexibility index (Phi) is 4.38. The van der Waals surface area contributed by atoms with Crippen LogP contribution < -0.4 is 4.90 Å². The van der Waals surface area contributed by atoms with Crippen molar-refractivity contribution >= 4 is 44.6 Å². The van der Waals surface area contributed by atoms with Crippen LogP contribution in [0.15, 0.2) is 24.3 Å². The van der Waals surface area contributed by atoms with E-state index in [9.17, 15) is 13.2 Å². The summed E-state index contributed by atoms with van der Waals surface area (Å²) in [5, 5.41) is 0.408. The number of alkyl halides is 1. The summed E-state index contributed by atoms with van der Waals surface area (Å²) in [6.45, 7) is 0. The topological polar surface area (TPSA) is 54.5 Å². The van der Waals surface area contributed by atoms with E-state index in [2.05, 4.69) is 0 Å². The molecule has 0 aromatic heterocycles. The molecule has 1 atom stereocenters. The first-order chi connectivity index (χ1) is 8.94. The smallest absolute Gasteiger partial charge is 0.242 e. The molecule has 104 valence electrons. The molecule has 0 unspecified atom stereocenters. The minimum atomic E-state index is -3.08. The molecule has 19 heavy (non-hydrogen) atoms. The third-order valence-corrected chi connectivity index (χ3v) is 5.37. The second-order valence-electron chi connectivity index (χ2n) is 4.41. The number of carbonyl (C=O) groups excluding carboxylic acids is 1. The molecule has 1 saturated heterocycles. The van der Waals surface area contributed by atoms with Gasteiger partial charge in [0.2, 0.25) is 5.91 Å². The highest BCUT2D eigenvalue weighted by atomic mass is 35.5. The van der Waals surface area contributed by atoms with E-state index in [0.29, 0.717) is 17.1 Å². The molecule has 1 amide bonds. The van der Waals surface area contributed by atoms with Gasteiger partial charge in [-0.3, -0.25) is 4.79 Å². The lowest BCUT2D eigenvalue weighted by Gasteiger charge is -2.28. The van der Waals surface area contributed by atoms with E-state index in [1.165, 1.54) is 4.90 Å². The van der Waals surface area contributed by atoms with Crippen molar-refractivity contribution in [2.75, 3.05) is 22.3 Å². The summed E-state index contributed by atoms with van der Waals surface area (Å²) in [6, 6.07) is 6.46. The number of benzene rings is 1. The molecular formula is C12H13Cl2NO3S. The van der Waals surface area contributed by atoms with Gasteiger partial charge in [0.1, 0.15) is 5.88 Å². The first kappa shape index (κ1) is 14.6. The third-order valence-electron chi connectivity index (χ3n) is 3.07. The summed E-state index contributed by atoms with van der Waals surface area (Å²) in [5.74, 6) is -0.492. The molecule has 0 radical (unpaired) electrons. The van der Waals surface area contributed by atoms with Crippen LogP contribution in [0.1, 0.15) is 6.42 Å². The van der Waals surface area contributed by atoms with E-state index in [0.717, 1.165) is 0 Å². The predicted octanol–water partition coefficient (Wildman–Crippen LogP) is 2.10. The van der Waals surface area contributed by atoms with Crippen LogP contribution in [-0.2, 0) is 14.6 Å². The minimum absolute atomic E-state index is 0.0408. The zero-order chi connectivity index (χ0) is 14.0. The minimum Gasteiger partial charge on any atom is -0.306 e. The molecule has 1 aromatic rings. The highest BCUT2D eigenvalue weighted by molar-refractivity contribution is 7.91. The van der Waals surface area contributed by atoms with Crippen LogP contribution in [0.4, 0.5) is 5.69 Å². The average molecular weight is 322 g/mol. The van der Waals surface area contributed by atoms with Crippen LogP contribution >= 0.6 is 23.2 Å². The number of halogens is 2. The van der Waals surface area contributed by atoms with Gasteiger partial charge in [-0.25, -0.2) is 8.42 Å². The highest BCUT2D eigenvalue weighted by Crippen LogP contribution is 2.30. The van der Waals surface area contributed by atoms with E-state index in [-0.39, 0.29) is 23.3 Å². The van der Waals surface area contributed by atoms with Crippen molar-refractivity contribution in [3.05, 3.63) is 29.3 Å². The van der Waals surface area contributed by atoms with Crippen LogP contribution in [0.5, 0.6) is 0 Å². The molecule has 2 rings (SSSR count). The molecule has 1 fully saturated rings. The first-order valence-corrected chi connectivity index (χ1v) is 8.51. The van der Waals surface area contributed by atoms with Crippen molar-refractivity contribution < 1.29 is 13.2 Å². The van der Waals surface area contributed by atoms with Crippen molar-refractivity contribution in [3.8, 4) is 0 Å². The second-order valence-corrected chi connectivity index (χ2v) is 7.31. The zero-order valence-corrected chi connectivity index (χ0v) is 12.4. The molecule has 0 N–H and O–H groups in total. The maximum atomic E-state index is 12.0. The Bertz CT molecular complexity index is 588. The summed E-state index contributed by atoms with van der Waals surface area (Å²) >= 11 is 11.7. The summed E-state index contributed by atoms with van der Waals surface area (Å²) < 4.78 is 23.1. The van der Waals surface area contributed by atoms with Gasteiger partial charge in [-0.2, -0.15) is 0 Å². The van der Waals surface area contributed by atoms with E-state index >= 15 is 0 Å². The lowest BCUT2D eigenvalue weighted by Crippen LogP contribution is -2.42. The molecular weight excluding hydrogens is 309 g/mol. The number of rotatable bonds is 3. The number of anilines is 1. The number of hydrogen-bond acceptors (Lipinski definition) is 3. The largest absolute Gasteiger partial charge is 0.306 e. The lowest BCUT2D eigenvalue weighted by molar-refractivity contribution is -0.116. The number of hydrogen-bond donors (Lipinski definition) is 0. The SMILES string of the molecule is O=C(CCl)N(c1ccccc1Cl)[C@H]1CCS(=O)(=O)C1. The summed E-state index contributed by atoms with van der Waals surface area (Å²) in [7, 11) is -3.08. The van der Waals surface area contributed by atoms with Crippen molar-refractivity contribution in [1.82, 2.24) is 0 Å². The van der Waals surface area contributed by atoms with Gasteiger partial charge in [-0.15, -0.1) is 11.6 Å². The van der Waals surface area contributed by atoms with Crippen LogP contribution in [0.3, 0.4) is 0 Å². The quantitative estimate of drug-likeness (QED) is 0.801. The zero-order valence-electron chi connectivity index (χ0n) is 10.1. The Morgan fingerprint density at radius 3 is 2.58 bits per heavy atom. The fraction of sp³-hybridized carbons (Fsp3) is 0.417. The average Bonchev–Trinajstić information content (AvgIpc) is 2.72. The number of para-hydroxylation sites is 1. The molecule has 1 aliphatic rings. The van der Waals surface area contributed by atoms with Crippen LogP contribution in [0.25, 0.3) is 0 Å². The summed E-state index contributed by atoms with van der Waals surface area (Å²) in [5.41, 5.74) is 0.511.